The Kier molecular flexibility index (Phi) is 1.46. The molecule has 1 aliphatic carbocycles. The summed E-state index contributed by atoms with van der Waals surface area (Å²) in [6.07, 6.45) is 3.93. The van der Waals surface area contributed by atoms with Crippen molar-refractivity contribution in [1.82, 2.24) is 4.90 Å². The molecule has 2 rings (SSSR count). The molecule has 10 heavy (non-hydrogen) atoms. The van der Waals surface area contributed by atoms with Crippen molar-refractivity contribution in [2.24, 2.45) is 0 Å². The zero-order chi connectivity index (χ0) is 7.03. The minimum absolute atomic E-state index is 0.359. The van der Waals surface area contributed by atoms with E-state index in [-0.39, 0.29) is 0 Å². The summed E-state index contributed by atoms with van der Waals surface area (Å²) in [5.41, 5.74) is 0.359. The van der Waals surface area contributed by atoms with Gasteiger partial charge in [-0.2, -0.15) is 0 Å². The first-order valence-corrected chi connectivity index (χ1v) is 3.99. The molecule has 0 aromatic rings. The molecular formula is C8H14NO-. The van der Waals surface area contributed by atoms with E-state index >= 15 is 0 Å². The van der Waals surface area contributed by atoms with Crippen molar-refractivity contribution < 1.29 is 4.74 Å². The summed E-state index contributed by atoms with van der Waals surface area (Å²) in [6, 6.07) is 0. The summed E-state index contributed by atoms with van der Waals surface area (Å²) in [6.45, 7) is 2.79. The maximum Gasteiger partial charge on any atom is 0.0627 e. The summed E-state index contributed by atoms with van der Waals surface area (Å²) in [5.74, 6) is 0. The van der Waals surface area contributed by atoms with E-state index in [1.165, 1.54) is 19.3 Å². The molecule has 0 aromatic carbocycles. The lowest BCUT2D eigenvalue weighted by atomic mass is 9.75. The molecule has 2 heteroatoms. The molecule has 1 heterocycles. The molecule has 2 nitrogen and oxygen atoms in total. The molecule has 0 bridgehead atoms. The lowest BCUT2D eigenvalue weighted by molar-refractivity contribution is -0.0851. The second-order valence-electron chi connectivity index (χ2n) is 3.39. The Balaban J connectivity index is 2.03. The highest BCUT2D eigenvalue weighted by Gasteiger charge is 2.39. The van der Waals surface area contributed by atoms with Crippen molar-refractivity contribution in [3.8, 4) is 0 Å². The van der Waals surface area contributed by atoms with Crippen molar-refractivity contribution in [1.29, 1.82) is 0 Å². The van der Waals surface area contributed by atoms with Gasteiger partial charge < -0.3 is 9.64 Å². The third-order valence-electron chi connectivity index (χ3n) is 2.83. The molecule has 1 spiro atoms. The number of ether oxygens (including phenoxy) is 1. The smallest absolute Gasteiger partial charge is 0.0627 e. The van der Waals surface area contributed by atoms with Crippen LogP contribution in [-0.4, -0.2) is 30.2 Å². The topological polar surface area (TPSA) is 12.5 Å². The summed E-state index contributed by atoms with van der Waals surface area (Å²) >= 11 is 0. The van der Waals surface area contributed by atoms with Crippen LogP contribution >= 0.6 is 0 Å². The van der Waals surface area contributed by atoms with Crippen LogP contribution in [0.3, 0.4) is 0 Å². The van der Waals surface area contributed by atoms with E-state index in [2.05, 4.69) is 11.9 Å². The molecule has 58 valence electrons. The number of morpholine rings is 1. The molecule has 1 saturated carbocycles. The maximum absolute atomic E-state index is 5.42. The lowest BCUT2D eigenvalue weighted by Gasteiger charge is -2.56. The van der Waals surface area contributed by atoms with Crippen LogP contribution in [0.15, 0.2) is 0 Å². The first-order valence-electron chi connectivity index (χ1n) is 3.99. The van der Waals surface area contributed by atoms with Gasteiger partial charge in [-0.3, -0.25) is 7.05 Å². The molecule has 0 atom stereocenters. The van der Waals surface area contributed by atoms with E-state index in [9.17, 15) is 0 Å². The maximum atomic E-state index is 5.42. The average Bonchev–Trinajstić information content (AvgIpc) is 1.85. The van der Waals surface area contributed by atoms with Crippen LogP contribution < -0.4 is 0 Å². The van der Waals surface area contributed by atoms with Crippen molar-refractivity contribution >= 4 is 0 Å². The summed E-state index contributed by atoms with van der Waals surface area (Å²) in [7, 11) is 4.03. The third-order valence-corrected chi connectivity index (χ3v) is 2.83. The van der Waals surface area contributed by atoms with Gasteiger partial charge >= 0.3 is 0 Å². The standard InChI is InChI=1S/C8H14NO/c1-9-5-6-10-7-8(9)3-2-4-8/h1-7H2/q-1. The van der Waals surface area contributed by atoms with Crippen LogP contribution in [0.5, 0.6) is 0 Å². The third kappa shape index (κ3) is 0.789. The summed E-state index contributed by atoms with van der Waals surface area (Å²) in [5, 5.41) is 0. The molecule has 0 radical (unpaired) electrons. The fourth-order valence-electron chi connectivity index (χ4n) is 1.81. The fraction of sp³-hybridized carbons (Fsp3) is 0.875. The molecule has 0 N–H and O–H groups in total. The highest BCUT2D eigenvalue weighted by Crippen LogP contribution is 2.38. The van der Waals surface area contributed by atoms with Gasteiger partial charge in [0.2, 0.25) is 0 Å². The van der Waals surface area contributed by atoms with Gasteiger partial charge in [0.25, 0.3) is 0 Å². The Morgan fingerprint density at radius 1 is 1.40 bits per heavy atom. The monoisotopic (exact) mass is 140 g/mol. The number of hydrogen-bond acceptors (Lipinski definition) is 2. The van der Waals surface area contributed by atoms with Gasteiger partial charge in [-0.15, -0.1) is 0 Å². The first-order chi connectivity index (χ1) is 4.83. The number of hydrogen-bond donors (Lipinski definition) is 0. The van der Waals surface area contributed by atoms with Gasteiger partial charge in [0.05, 0.1) is 13.2 Å². The van der Waals surface area contributed by atoms with Crippen LogP contribution in [0, 0.1) is 7.05 Å². The van der Waals surface area contributed by atoms with Crippen LogP contribution in [0.1, 0.15) is 19.3 Å². The van der Waals surface area contributed by atoms with Crippen molar-refractivity contribution in [2.75, 3.05) is 19.8 Å². The molecule has 0 unspecified atom stereocenters. The Morgan fingerprint density at radius 2 is 2.20 bits per heavy atom. The van der Waals surface area contributed by atoms with Gasteiger partial charge in [-0.1, -0.05) is 0 Å². The van der Waals surface area contributed by atoms with E-state index in [1.54, 1.807) is 0 Å². The van der Waals surface area contributed by atoms with E-state index in [4.69, 9.17) is 4.74 Å². The van der Waals surface area contributed by atoms with Crippen molar-refractivity contribution in [3.63, 3.8) is 0 Å². The predicted octanol–water partition coefficient (Wildman–Crippen LogP) is 1.03. The van der Waals surface area contributed by atoms with Gasteiger partial charge in [0, 0.05) is 5.54 Å². The zero-order valence-electron chi connectivity index (χ0n) is 6.31. The van der Waals surface area contributed by atoms with E-state index in [1.807, 2.05) is 0 Å². The SMILES string of the molecule is [CH2-]N1CCOCC12CCC2. The van der Waals surface area contributed by atoms with Crippen LogP contribution in [-0.2, 0) is 4.74 Å². The van der Waals surface area contributed by atoms with Gasteiger partial charge in [-0.25, -0.2) is 0 Å². The van der Waals surface area contributed by atoms with Crippen molar-refractivity contribution in [2.45, 2.75) is 24.8 Å². The van der Waals surface area contributed by atoms with Crippen LogP contribution in [0.4, 0.5) is 0 Å². The fourth-order valence-corrected chi connectivity index (χ4v) is 1.81. The average molecular weight is 140 g/mol. The lowest BCUT2D eigenvalue weighted by Crippen LogP contribution is -2.58. The normalized spacial score (nSPS) is 32.1. The first kappa shape index (κ1) is 6.62. The molecule has 1 aliphatic heterocycles. The molecule has 2 aliphatic rings. The van der Waals surface area contributed by atoms with Crippen LogP contribution in [0.25, 0.3) is 0 Å². The van der Waals surface area contributed by atoms with Gasteiger partial charge in [0.15, 0.2) is 0 Å². The second kappa shape index (κ2) is 2.21. The van der Waals surface area contributed by atoms with E-state index in [0.717, 1.165) is 19.8 Å². The Hall–Kier alpha value is -0.0800. The predicted molar refractivity (Wildman–Crippen MR) is 39.5 cm³/mol. The second-order valence-corrected chi connectivity index (χ2v) is 3.39. The molecule has 0 aromatic heterocycles. The van der Waals surface area contributed by atoms with Gasteiger partial charge in [0.1, 0.15) is 0 Å². The van der Waals surface area contributed by atoms with Crippen LogP contribution in [0.2, 0.25) is 0 Å². The Bertz CT molecular complexity index is 131. The van der Waals surface area contributed by atoms with Crippen molar-refractivity contribution in [3.05, 3.63) is 7.05 Å². The molecular weight excluding hydrogens is 126 g/mol. The number of nitrogens with zero attached hydrogens (tertiary/aromatic N) is 1. The largest absolute Gasteiger partial charge is 0.450 e. The molecule has 2 fully saturated rings. The zero-order valence-corrected chi connectivity index (χ0v) is 6.31. The number of rotatable bonds is 0. The minimum Gasteiger partial charge on any atom is -0.450 e. The molecule has 0 amide bonds. The molecule has 1 saturated heterocycles. The van der Waals surface area contributed by atoms with E-state index < -0.39 is 0 Å². The highest BCUT2D eigenvalue weighted by molar-refractivity contribution is 4.99. The highest BCUT2D eigenvalue weighted by atomic mass is 16.5. The Morgan fingerprint density at radius 3 is 2.60 bits per heavy atom. The summed E-state index contributed by atoms with van der Waals surface area (Å²) < 4.78 is 5.42. The van der Waals surface area contributed by atoms with Gasteiger partial charge in [-0.05, 0) is 25.8 Å². The quantitative estimate of drug-likeness (QED) is 0.466. The van der Waals surface area contributed by atoms with E-state index in [0.29, 0.717) is 5.54 Å². The minimum atomic E-state index is 0.359. The summed E-state index contributed by atoms with van der Waals surface area (Å²) in [4.78, 5) is 2.22. The Labute approximate surface area is 62.2 Å².